The summed E-state index contributed by atoms with van der Waals surface area (Å²) in [5.74, 6) is 1.85. The summed E-state index contributed by atoms with van der Waals surface area (Å²) in [5.41, 5.74) is 8.12. The lowest BCUT2D eigenvalue weighted by Gasteiger charge is -2.11. The van der Waals surface area contributed by atoms with E-state index in [4.69, 9.17) is 5.73 Å². The summed E-state index contributed by atoms with van der Waals surface area (Å²) >= 11 is 1.87. The molecule has 1 aliphatic heterocycles. The number of nitrogens with two attached hydrogens (primary N) is 1. The number of hydrogen-bond donors (Lipinski definition) is 1. The van der Waals surface area contributed by atoms with Crippen LogP contribution in [0, 0.1) is 5.82 Å². The molecule has 1 nitrogen and oxygen atoms in total. The molecule has 1 heterocycles. The Bertz CT molecular complexity index is 314. The topological polar surface area (TPSA) is 26.0 Å². The van der Waals surface area contributed by atoms with Crippen LogP contribution in [0.3, 0.4) is 0 Å². The first kappa shape index (κ1) is 9.03. The third-order valence-corrected chi connectivity index (χ3v) is 3.38. The monoisotopic (exact) mass is 197 g/mol. The number of halogens is 1. The van der Waals surface area contributed by atoms with Crippen molar-refractivity contribution in [3.05, 3.63) is 35.1 Å². The number of fused-ring (bicyclic) bond motifs is 1. The molecule has 2 N–H and O–H groups in total. The van der Waals surface area contributed by atoms with E-state index in [9.17, 15) is 4.39 Å². The van der Waals surface area contributed by atoms with Crippen molar-refractivity contribution in [2.45, 2.75) is 18.2 Å². The highest BCUT2D eigenvalue weighted by molar-refractivity contribution is 7.98. The predicted octanol–water partition coefficient (Wildman–Crippen LogP) is 2.46. The minimum atomic E-state index is -0.180. The molecule has 0 unspecified atom stereocenters. The molecular formula is C10H12FNS. The van der Waals surface area contributed by atoms with Gasteiger partial charge in [0.05, 0.1) is 0 Å². The molecule has 3 heteroatoms. The molecule has 2 rings (SSSR count). The molecule has 1 aromatic carbocycles. The molecule has 0 spiro atoms. The molecule has 0 fully saturated rings. The van der Waals surface area contributed by atoms with Crippen molar-refractivity contribution in [1.82, 2.24) is 0 Å². The van der Waals surface area contributed by atoms with E-state index < -0.39 is 0 Å². The van der Waals surface area contributed by atoms with Crippen molar-refractivity contribution >= 4 is 11.8 Å². The molecule has 0 bridgehead atoms. The van der Waals surface area contributed by atoms with Crippen LogP contribution in [0.2, 0.25) is 0 Å². The molecule has 0 aliphatic carbocycles. The van der Waals surface area contributed by atoms with Crippen molar-refractivity contribution in [3.63, 3.8) is 0 Å². The number of hydrogen-bond acceptors (Lipinski definition) is 2. The molecule has 0 saturated carbocycles. The van der Waals surface area contributed by atoms with Crippen LogP contribution in [-0.2, 0) is 5.75 Å². The second-order valence-electron chi connectivity index (χ2n) is 3.29. The van der Waals surface area contributed by atoms with E-state index in [0.717, 1.165) is 23.5 Å². The SMILES string of the molecule is N[C@@H]1CCSCc2ccc(F)cc21. The van der Waals surface area contributed by atoms with Crippen molar-refractivity contribution in [2.75, 3.05) is 5.75 Å². The fourth-order valence-corrected chi connectivity index (χ4v) is 2.64. The summed E-state index contributed by atoms with van der Waals surface area (Å²) in [5, 5.41) is 0. The van der Waals surface area contributed by atoms with Gasteiger partial charge in [0.2, 0.25) is 0 Å². The van der Waals surface area contributed by atoms with Crippen LogP contribution in [-0.4, -0.2) is 5.75 Å². The zero-order chi connectivity index (χ0) is 9.26. The molecule has 1 atom stereocenters. The number of thioether (sulfide) groups is 1. The van der Waals surface area contributed by atoms with Gasteiger partial charge in [0.15, 0.2) is 0 Å². The molecular weight excluding hydrogens is 185 g/mol. The number of rotatable bonds is 0. The van der Waals surface area contributed by atoms with Crippen LogP contribution in [0.4, 0.5) is 4.39 Å². The lowest BCUT2D eigenvalue weighted by Crippen LogP contribution is -2.11. The molecule has 0 radical (unpaired) electrons. The van der Waals surface area contributed by atoms with E-state index in [1.807, 2.05) is 17.8 Å². The van der Waals surface area contributed by atoms with Gasteiger partial charge in [-0.1, -0.05) is 6.07 Å². The van der Waals surface area contributed by atoms with Crippen LogP contribution in [0.1, 0.15) is 23.6 Å². The molecule has 1 aliphatic rings. The lowest BCUT2D eigenvalue weighted by atomic mass is 10.0. The Morgan fingerprint density at radius 3 is 3.15 bits per heavy atom. The Hall–Kier alpha value is -0.540. The maximum Gasteiger partial charge on any atom is 0.123 e. The summed E-state index contributed by atoms with van der Waals surface area (Å²) < 4.78 is 12.9. The average molecular weight is 197 g/mol. The second-order valence-corrected chi connectivity index (χ2v) is 4.40. The van der Waals surface area contributed by atoms with E-state index in [2.05, 4.69) is 0 Å². The van der Waals surface area contributed by atoms with E-state index in [-0.39, 0.29) is 11.9 Å². The fraction of sp³-hybridized carbons (Fsp3) is 0.400. The van der Waals surface area contributed by atoms with E-state index in [1.165, 1.54) is 11.6 Å². The summed E-state index contributed by atoms with van der Waals surface area (Å²) in [6, 6.07) is 4.95. The third kappa shape index (κ3) is 1.86. The third-order valence-electron chi connectivity index (χ3n) is 2.34. The highest BCUT2D eigenvalue weighted by Crippen LogP contribution is 2.29. The van der Waals surface area contributed by atoms with Crippen LogP contribution < -0.4 is 5.73 Å². The Kier molecular flexibility index (Phi) is 2.56. The van der Waals surface area contributed by atoms with Gasteiger partial charge in [-0.05, 0) is 35.4 Å². The first-order chi connectivity index (χ1) is 6.27. The van der Waals surface area contributed by atoms with E-state index >= 15 is 0 Å². The molecule has 70 valence electrons. The van der Waals surface area contributed by atoms with Gasteiger partial charge in [-0.3, -0.25) is 0 Å². The maximum atomic E-state index is 12.9. The van der Waals surface area contributed by atoms with E-state index in [0.29, 0.717) is 0 Å². The van der Waals surface area contributed by atoms with Crippen molar-refractivity contribution < 1.29 is 4.39 Å². The summed E-state index contributed by atoms with van der Waals surface area (Å²) in [6.45, 7) is 0. The zero-order valence-electron chi connectivity index (χ0n) is 7.29. The molecule has 13 heavy (non-hydrogen) atoms. The van der Waals surface area contributed by atoms with Gasteiger partial charge < -0.3 is 5.73 Å². The summed E-state index contributed by atoms with van der Waals surface area (Å²) in [6.07, 6.45) is 0.946. The van der Waals surface area contributed by atoms with Gasteiger partial charge in [0.1, 0.15) is 5.82 Å². The molecule has 1 aromatic rings. The Labute approximate surface area is 81.5 Å². The lowest BCUT2D eigenvalue weighted by molar-refractivity contribution is 0.616. The Balaban J connectivity index is 2.43. The number of benzene rings is 1. The van der Waals surface area contributed by atoms with Gasteiger partial charge in [0.25, 0.3) is 0 Å². The Morgan fingerprint density at radius 2 is 2.31 bits per heavy atom. The average Bonchev–Trinajstić information content (AvgIpc) is 2.29. The van der Waals surface area contributed by atoms with Crippen molar-refractivity contribution in [1.29, 1.82) is 0 Å². The van der Waals surface area contributed by atoms with Crippen LogP contribution in [0.25, 0.3) is 0 Å². The Morgan fingerprint density at radius 1 is 1.46 bits per heavy atom. The minimum absolute atomic E-state index is 0.0145. The van der Waals surface area contributed by atoms with Crippen LogP contribution in [0.15, 0.2) is 18.2 Å². The zero-order valence-corrected chi connectivity index (χ0v) is 8.11. The van der Waals surface area contributed by atoms with Crippen LogP contribution >= 0.6 is 11.8 Å². The van der Waals surface area contributed by atoms with Gasteiger partial charge >= 0.3 is 0 Å². The standard InChI is InChI=1S/C10H12FNS/c11-8-2-1-7-6-13-4-3-10(12)9(7)5-8/h1-2,5,10H,3-4,6,12H2/t10-/m1/s1. The van der Waals surface area contributed by atoms with Gasteiger partial charge in [-0.15, -0.1) is 0 Å². The molecule has 0 saturated heterocycles. The van der Waals surface area contributed by atoms with Gasteiger partial charge in [-0.25, -0.2) is 4.39 Å². The van der Waals surface area contributed by atoms with Crippen molar-refractivity contribution in [2.24, 2.45) is 5.73 Å². The normalized spacial score (nSPS) is 22.2. The summed E-state index contributed by atoms with van der Waals surface area (Å²) in [7, 11) is 0. The van der Waals surface area contributed by atoms with Gasteiger partial charge in [0, 0.05) is 11.8 Å². The fourth-order valence-electron chi connectivity index (χ4n) is 1.59. The first-order valence-corrected chi connectivity index (χ1v) is 5.54. The first-order valence-electron chi connectivity index (χ1n) is 4.39. The van der Waals surface area contributed by atoms with Crippen molar-refractivity contribution in [3.8, 4) is 0 Å². The molecule has 0 amide bonds. The maximum absolute atomic E-state index is 12.9. The molecule has 0 aromatic heterocycles. The second kappa shape index (κ2) is 3.68. The summed E-state index contributed by atoms with van der Waals surface area (Å²) in [4.78, 5) is 0. The smallest absolute Gasteiger partial charge is 0.123 e. The van der Waals surface area contributed by atoms with Crippen LogP contribution in [0.5, 0.6) is 0 Å². The highest BCUT2D eigenvalue weighted by atomic mass is 32.2. The quantitative estimate of drug-likeness (QED) is 0.691. The van der Waals surface area contributed by atoms with Gasteiger partial charge in [-0.2, -0.15) is 11.8 Å². The minimum Gasteiger partial charge on any atom is -0.324 e. The predicted molar refractivity (Wildman–Crippen MR) is 54.1 cm³/mol. The van der Waals surface area contributed by atoms with E-state index in [1.54, 1.807) is 6.07 Å². The largest absolute Gasteiger partial charge is 0.324 e. The highest BCUT2D eigenvalue weighted by Gasteiger charge is 2.15.